The van der Waals surface area contributed by atoms with Crippen molar-refractivity contribution in [2.24, 2.45) is 11.8 Å². The second-order valence-corrected chi connectivity index (χ2v) is 7.85. The number of hydrogen-bond acceptors (Lipinski definition) is 7. The van der Waals surface area contributed by atoms with Crippen molar-refractivity contribution >= 4 is 28.3 Å². The largest absolute Gasteiger partial charge is 0.354 e. The van der Waals surface area contributed by atoms with Crippen molar-refractivity contribution in [3.8, 4) is 17.5 Å². The molecule has 1 unspecified atom stereocenters. The number of rotatable bonds is 5. The number of nitrogens with one attached hydrogen (secondary N) is 4. The van der Waals surface area contributed by atoms with E-state index in [-0.39, 0.29) is 11.8 Å². The fourth-order valence-corrected chi connectivity index (χ4v) is 4.15. The van der Waals surface area contributed by atoms with E-state index >= 15 is 0 Å². The quantitative estimate of drug-likeness (QED) is 0.506. The Bertz CT molecular complexity index is 1100. The molecule has 3 aromatic heterocycles. The number of carbonyl (C=O) groups excluding carboxylic acids is 1. The van der Waals surface area contributed by atoms with Crippen LogP contribution in [-0.2, 0) is 4.79 Å². The van der Waals surface area contributed by atoms with Gasteiger partial charge in [-0.15, -0.1) is 0 Å². The van der Waals surface area contributed by atoms with Crippen molar-refractivity contribution in [1.29, 1.82) is 5.26 Å². The molecule has 5 heterocycles. The Balaban J connectivity index is 1.37. The minimum atomic E-state index is -0.683. The summed E-state index contributed by atoms with van der Waals surface area (Å²) >= 11 is 0. The van der Waals surface area contributed by atoms with Gasteiger partial charge in [0.05, 0.1) is 34.6 Å². The van der Waals surface area contributed by atoms with Gasteiger partial charge in [-0.1, -0.05) is 0 Å². The van der Waals surface area contributed by atoms with Gasteiger partial charge in [0, 0.05) is 19.3 Å². The fourth-order valence-electron chi connectivity index (χ4n) is 4.15. The monoisotopic (exact) mass is 405 g/mol. The summed E-state index contributed by atoms with van der Waals surface area (Å²) in [6.45, 7) is 3.69. The molecule has 0 radical (unpaired) electrons. The summed E-state index contributed by atoms with van der Waals surface area (Å²) in [6.07, 6.45) is 6.16. The highest BCUT2D eigenvalue weighted by molar-refractivity contribution is 5.98. The summed E-state index contributed by atoms with van der Waals surface area (Å²) in [5.41, 5.74) is 2.64. The van der Waals surface area contributed by atoms with Crippen LogP contribution in [-0.4, -0.2) is 57.5 Å². The Hall–Kier alpha value is -3.45. The first-order chi connectivity index (χ1) is 14.7. The van der Waals surface area contributed by atoms with Gasteiger partial charge in [0.25, 0.3) is 0 Å². The number of nitriles is 1. The predicted molar refractivity (Wildman–Crippen MR) is 112 cm³/mol. The molecule has 2 aliphatic heterocycles. The van der Waals surface area contributed by atoms with Crippen LogP contribution in [0.1, 0.15) is 19.3 Å². The molecule has 0 aliphatic carbocycles. The number of H-pyrrole nitrogens is 2. The molecule has 0 saturated carbocycles. The average Bonchev–Trinajstić information content (AvgIpc) is 3.35. The molecule has 2 saturated heterocycles. The molecule has 3 aromatic rings. The molecule has 5 rings (SSSR count). The number of aromatic amines is 2. The Morgan fingerprint density at radius 1 is 1.27 bits per heavy atom. The van der Waals surface area contributed by atoms with E-state index in [2.05, 4.69) is 47.0 Å². The van der Waals surface area contributed by atoms with E-state index in [9.17, 15) is 10.1 Å². The van der Waals surface area contributed by atoms with Gasteiger partial charge in [0.15, 0.2) is 5.82 Å². The van der Waals surface area contributed by atoms with Crippen molar-refractivity contribution in [1.82, 2.24) is 30.7 Å². The molecule has 2 fully saturated rings. The van der Waals surface area contributed by atoms with Crippen LogP contribution in [0.2, 0.25) is 0 Å². The first kappa shape index (κ1) is 18.6. The lowest BCUT2D eigenvalue weighted by Crippen LogP contribution is -2.37. The molecule has 1 atom stereocenters. The minimum absolute atomic E-state index is 0.0611. The molecule has 10 nitrogen and oxygen atoms in total. The van der Waals surface area contributed by atoms with Gasteiger partial charge in [-0.3, -0.25) is 20.0 Å². The van der Waals surface area contributed by atoms with Gasteiger partial charge in [-0.2, -0.15) is 15.5 Å². The molecule has 4 N–H and O–H groups in total. The number of carbonyl (C=O) groups is 1. The van der Waals surface area contributed by atoms with Crippen molar-refractivity contribution in [3.63, 3.8) is 0 Å². The van der Waals surface area contributed by atoms with Crippen molar-refractivity contribution in [2.45, 2.75) is 19.3 Å². The minimum Gasteiger partial charge on any atom is -0.354 e. The molecule has 0 aromatic carbocycles. The standard InChI is InChI=1S/C20H23N9O/c21-9-13(12-2-4-22-5-3-12)20(30)25-17-11-24-27-18(17)16-8-15-14(10-23-16)19(28-26-15)29-6-1-7-29/h8,10-13,22H,1-7H2,(H,24,27)(H,25,30)(H,26,28). The van der Waals surface area contributed by atoms with Crippen LogP contribution in [0.3, 0.4) is 0 Å². The number of fused-ring (bicyclic) bond motifs is 1. The first-order valence-corrected chi connectivity index (χ1v) is 10.3. The SMILES string of the molecule is N#CC(C(=O)Nc1cn[nH]c1-c1cc2[nH]nc(N3CCC3)c2cn1)C1CCNCC1. The molecule has 0 spiro atoms. The van der Waals surface area contributed by atoms with E-state index in [0.717, 1.165) is 55.7 Å². The fraction of sp³-hybridized carbons (Fsp3) is 0.450. The van der Waals surface area contributed by atoms with E-state index in [1.165, 1.54) is 6.42 Å². The molecular formula is C20H23N9O. The van der Waals surface area contributed by atoms with E-state index in [4.69, 9.17) is 0 Å². The molecule has 30 heavy (non-hydrogen) atoms. The summed E-state index contributed by atoms with van der Waals surface area (Å²) in [5.74, 6) is 0.00462. The highest BCUT2D eigenvalue weighted by Crippen LogP contribution is 2.31. The third-order valence-corrected chi connectivity index (χ3v) is 6.01. The van der Waals surface area contributed by atoms with Crippen LogP contribution in [0, 0.1) is 23.2 Å². The van der Waals surface area contributed by atoms with E-state index in [0.29, 0.717) is 17.1 Å². The number of aromatic nitrogens is 5. The average molecular weight is 405 g/mol. The molecular weight excluding hydrogens is 382 g/mol. The first-order valence-electron chi connectivity index (χ1n) is 10.3. The van der Waals surface area contributed by atoms with Crippen LogP contribution < -0.4 is 15.5 Å². The van der Waals surface area contributed by atoms with E-state index in [1.54, 1.807) is 12.4 Å². The Morgan fingerprint density at radius 3 is 2.83 bits per heavy atom. The zero-order valence-corrected chi connectivity index (χ0v) is 16.5. The van der Waals surface area contributed by atoms with Gasteiger partial charge in [0.1, 0.15) is 11.6 Å². The second-order valence-electron chi connectivity index (χ2n) is 7.85. The van der Waals surface area contributed by atoms with Crippen molar-refractivity contribution in [2.75, 3.05) is 36.4 Å². The highest BCUT2D eigenvalue weighted by Gasteiger charge is 2.30. The highest BCUT2D eigenvalue weighted by atomic mass is 16.1. The van der Waals surface area contributed by atoms with Gasteiger partial charge in [0.2, 0.25) is 5.91 Å². The maximum absolute atomic E-state index is 12.8. The topological polar surface area (TPSA) is 138 Å². The summed E-state index contributed by atoms with van der Waals surface area (Å²) in [6, 6.07) is 4.08. The zero-order chi connectivity index (χ0) is 20.5. The smallest absolute Gasteiger partial charge is 0.242 e. The van der Waals surface area contributed by atoms with Gasteiger partial charge in [-0.25, -0.2) is 0 Å². The Morgan fingerprint density at radius 2 is 2.10 bits per heavy atom. The maximum Gasteiger partial charge on any atom is 0.242 e. The van der Waals surface area contributed by atoms with Crippen LogP contribution in [0.4, 0.5) is 11.5 Å². The normalized spacial score (nSPS) is 18.0. The van der Waals surface area contributed by atoms with Crippen LogP contribution in [0.15, 0.2) is 18.5 Å². The molecule has 10 heteroatoms. The van der Waals surface area contributed by atoms with Gasteiger partial charge >= 0.3 is 0 Å². The van der Waals surface area contributed by atoms with Crippen LogP contribution in [0.5, 0.6) is 0 Å². The Kier molecular flexibility index (Phi) is 4.80. The number of nitrogens with zero attached hydrogens (tertiary/aromatic N) is 5. The second kappa shape index (κ2) is 7.76. The number of pyridine rings is 1. The van der Waals surface area contributed by atoms with Crippen LogP contribution >= 0.6 is 0 Å². The lowest BCUT2D eigenvalue weighted by molar-refractivity contribution is -0.119. The predicted octanol–water partition coefficient (Wildman–Crippen LogP) is 1.64. The number of hydrogen-bond donors (Lipinski definition) is 4. The lowest BCUT2D eigenvalue weighted by atomic mass is 9.85. The molecule has 1 amide bonds. The van der Waals surface area contributed by atoms with E-state index < -0.39 is 5.92 Å². The third kappa shape index (κ3) is 3.27. The molecule has 2 aliphatic rings. The van der Waals surface area contributed by atoms with Gasteiger partial charge in [-0.05, 0) is 44.3 Å². The Labute approximate surface area is 173 Å². The maximum atomic E-state index is 12.8. The zero-order valence-electron chi connectivity index (χ0n) is 16.5. The molecule has 154 valence electrons. The van der Waals surface area contributed by atoms with Crippen molar-refractivity contribution in [3.05, 3.63) is 18.5 Å². The molecule has 0 bridgehead atoms. The summed E-state index contributed by atoms with van der Waals surface area (Å²) in [4.78, 5) is 19.6. The number of anilines is 2. The lowest BCUT2D eigenvalue weighted by Gasteiger charge is -2.30. The summed E-state index contributed by atoms with van der Waals surface area (Å²) < 4.78 is 0. The number of amides is 1. The third-order valence-electron chi connectivity index (χ3n) is 6.01. The van der Waals surface area contributed by atoms with Gasteiger partial charge < -0.3 is 15.5 Å². The summed E-state index contributed by atoms with van der Waals surface area (Å²) in [5, 5.41) is 31.2. The summed E-state index contributed by atoms with van der Waals surface area (Å²) in [7, 11) is 0. The number of piperidine rings is 1. The van der Waals surface area contributed by atoms with E-state index in [1.807, 2.05) is 6.07 Å². The van der Waals surface area contributed by atoms with Crippen molar-refractivity contribution < 1.29 is 4.79 Å². The van der Waals surface area contributed by atoms with Crippen LogP contribution in [0.25, 0.3) is 22.3 Å².